The molecular formula is C12H16ClFN2O2S. The molecule has 19 heavy (non-hydrogen) atoms. The molecule has 2 atom stereocenters. The summed E-state index contributed by atoms with van der Waals surface area (Å²) in [5.74, 6) is -0.650. The number of sulfonamides is 1. The summed E-state index contributed by atoms with van der Waals surface area (Å²) >= 11 is 5.95. The Bertz CT molecular complexity index is 550. The summed E-state index contributed by atoms with van der Waals surface area (Å²) in [5.41, 5.74) is 0. The molecule has 2 heterocycles. The van der Waals surface area contributed by atoms with Crippen LogP contribution in [-0.4, -0.2) is 35.7 Å². The van der Waals surface area contributed by atoms with E-state index in [4.69, 9.17) is 11.6 Å². The van der Waals surface area contributed by atoms with Crippen molar-refractivity contribution in [1.29, 1.82) is 0 Å². The average molecular weight is 307 g/mol. The first-order valence-electron chi connectivity index (χ1n) is 6.17. The molecule has 1 fully saturated rings. The van der Waals surface area contributed by atoms with E-state index in [1.807, 2.05) is 6.92 Å². The van der Waals surface area contributed by atoms with Crippen LogP contribution in [0, 0.1) is 5.82 Å². The number of nitrogens with zero attached hydrogens (tertiary/aromatic N) is 2. The molecule has 2 unspecified atom stereocenters. The summed E-state index contributed by atoms with van der Waals surface area (Å²) in [6.07, 6.45) is 4.36. The molecule has 0 radical (unpaired) electrons. The highest BCUT2D eigenvalue weighted by atomic mass is 35.5. The van der Waals surface area contributed by atoms with Gasteiger partial charge in [0.1, 0.15) is 10.7 Å². The Morgan fingerprint density at radius 2 is 2.32 bits per heavy atom. The van der Waals surface area contributed by atoms with Gasteiger partial charge in [0.05, 0.1) is 6.20 Å². The zero-order chi connectivity index (χ0) is 14.0. The van der Waals surface area contributed by atoms with Crippen LogP contribution in [0.25, 0.3) is 0 Å². The third-order valence-electron chi connectivity index (χ3n) is 3.21. The molecule has 0 aliphatic carbocycles. The third-order valence-corrected chi connectivity index (χ3v) is 5.30. The van der Waals surface area contributed by atoms with E-state index in [2.05, 4.69) is 4.98 Å². The third kappa shape index (κ3) is 3.24. The Kier molecular flexibility index (Phi) is 4.43. The van der Waals surface area contributed by atoms with Crippen LogP contribution in [0.3, 0.4) is 0 Å². The summed E-state index contributed by atoms with van der Waals surface area (Å²) in [7, 11) is -3.68. The van der Waals surface area contributed by atoms with Crippen molar-refractivity contribution in [1.82, 2.24) is 9.29 Å². The van der Waals surface area contributed by atoms with Gasteiger partial charge in [0.25, 0.3) is 0 Å². The fourth-order valence-corrected chi connectivity index (χ4v) is 4.29. The number of aromatic nitrogens is 1. The van der Waals surface area contributed by atoms with Crippen LogP contribution in [0.1, 0.15) is 26.2 Å². The van der Waals surface area contributed by atoms with Crippen LogP contribution in [0.15, 0.2) is 23.4 Å². The van der Waals surface area contributed by atoms with Crippen molar-refractivity contribution in [3.8, 4) is 0 Å². The highest BCUT2D eigenvalue weighted by Crippen LogP contribution is 2.29. The van der Waals surface area contributed by atoms with E-state index in [1.54, 1.807) is 0 Å². The lowest BCUT2D eigenvalue weighted by Crippen LogP contribution is -2.36. The molecule has 0 spiro atoms. The fourth-order valence-electron chi connectivity index (χ4n) is 2.40. The second kappa shape index (κ2) is 5.73. The monoisotopic (exact) mass is 306 g/mol. The first-order valence-corrected chi connectivity index (χ1v) is 8.05. The Morgan fingerprint density at radius 3 is 2.95 bits per heavy atom. The van der Waals surface area contributed by atoms with E-state index in [0.29, 0.717) is 13.0 Å². The first-order chi connectivity index (χ1) is 8.91. The van der Waals surface area contributed by atoms with Gasteiger partial charge in [0.15, 0.2) is 0 Å². The van der Waals surface area contributed by atoms with E-state index < -0.39 is 15.8 Å². The summed E-state index contributed by atoms with van der Waals surface area (Å²) in [4.78, 5) is 3.51. The molecule has 0 bridgehead atoms. The number of hydrogen-bond donors (Lipinski definition) is 0. The van der Waals surface area contributed by atoms with Crippen LogP contribution in [-0.2, 0) is 10.0 Å². The zero-order valence-electron chi connectivity index (χ0n) is 10.6. The van der Waals surface area contributed by atoms with E-state index in [9.17, 15) is 12.8 Å². The van der Waals surface area contributed by atoms with Crippen molar-refractivity contribution < 1.29 is 12.8 Å². The van der Waals surface area contributed by atoms with Gasteiger partial charge in [-0.2, -0.15) is 4.31 Å². The van der Waals surface area contributed by atoms with E-state index in [-0.39, 0.29) is 16.3 Å². The van der Waals surface area contributed by atoms with Crippen molar-refractivity contribution in [2.24, 2.45) is 0 Å². The summed E-state index contributed by atoms with van der Waals surface area (Å²) < 4.78 is 39.5. The number of halogens is 2. The molecule has 0 N–H and O–H groups in total. The standard InChI is InChI=1S/C12H16ClFN2O2S/c1-9(13)5-11-3-2-4-16(11)19(17,18)12-6-10(14)7-15-8-12/h6-9,11H,2-5H2,1H3. The lowest BCUT2D eigenvalue weighted by atomic mass is 10.1. The Labute approximate surface area is 117 Å². The summed E-state index contributed by atoms with van der Waals surface area (Å²) in [6, 6.07) is 0.891. The maximum Gasteiger partial charge on any atom is 0.244 e. The Morgan fingerprint density at radius 1 is 1.58 bits per heavy atom. The molecular weight excluding hydrogens is 291 g/mol. The molecule has 0 saturated carbocycles. The normalized spacial score (nSPS) is 22.6. The number of hydrogen-bond acceptors (Lipinski definition) is 3. The molecule has 0 amide bonds. The SMILES string of the molecule is CC(Cl)CC1CCCN1S(=O)(=O)c1cncc(F)c1. The quantitative estimate of drug-likeness (QED) is 0.803. The topological polar surface area (TPSA) is 50.3 Å². The smallest absolute Gasteiger partial charge is 0.244 e. The molecule has 7 heteroatoms. The molecule has 2 rings (SSSR count). The van der Waals surface area contributed by atoms with Gasteiger partial charge in [0, 0.05) is 24.2 Å². The molecule has 106 valence electrons. The average Bonchev–Trinajstić information content (AvgIpc) is 2.77. The van der Waals surface area contributed by atoms with Gasteiger partial charge in [-0.1, -0.05) is 0 Å². The van der Waals surface area contributed by atoms with Gasteiger partial charge in [-0.3, -0.25) is 4.98 Å². The maximum absolute atomic E-state index is 13.1. The van der Waals surface area contributed by atoms with Gasteiger partial charge >= 0.3 is 0 Å². The first kappa shape index (κ1) is 14.7. The molecule has 1 saturated heterocycles. The Hall–Kier alpha value is -0.720. The number of pyridine rings is 1. The minimum Gasteiger partial charge on any atom is -0.260 e. The van der Waals surface area contributed by atoms with Gasteiger partial charge in [-0.05, 0) is 32.3 Å². The molecule has 1 aromatic rings. The molecule has 0 aromatic carbocycles. The predicted molar refractivity (Wildman–Crippen MR) is 71.0 cm³/mol. The lowest BCUT2D eigenvalue weighted by Gasteiger charge is -2.24. The van der Waals surface area contributed by atoms with Gasteiger partial charge in [0.2, 0.25) is 10.0 Å². The molecule has 1 aliphatic rings. The van der Waals surface area contributed by atoms with Gasteiger partial charge < -0.3 is 0 Å². The maximum atomic E-state index is 13.1. The highest BCUT2D eigenvalue weighted by Gasteiger charge is 2.35. The predicted octanol–water partition coefficient (Wildman–Crippen LogP) is 2.39. The zero-order valence-corrected chi connectivity index (χ0v) is 12.2. The van der Waals surface area contributed by atoms with Crippen molar-refractivity contribution in [3.05, 3.63) is 24.3 Å². The van der Waals surface area contributed by atoms with Crippen LogP contribution >= 0.6 is 11.6 Å². The van der Waals surface area contributed by atoms with Crippen molar-refractivity contribution in [2.75, 3.05) is 6.54 Å². The van der Waals surface area contributed by atoms with Crippen molar-refractivity contribution >= 4 is 21.6 Å². The lowest BCUT2D eigenvalue weighted by molar-refractivity contribution is 0.369. The largest absolute Gasteiger partial charge is 0.260 e. The molecule has 1 aliphatic heterocycles. The minimum absolute atomic E-state index is 0.0913. The second-order valence-electron chi connectivity index (χ2n) is 4.77. The van der Waals surface area contributed by atoms with Crippen LogP contribution in [0.4, 0.5) is 4.39 Å². The Balaban J connectivity index is 2.28. The number of alkyl halides is 1. The van der Waals surface area contributed by atoms with E-state index in [0.717, 1.165) is 25.1 Å². The minimum atomic E-state index is -3.68. The number of rotatable bonds is 4. The van der Waals surface area contributed by atoms with Crippen molar-refractivity contribution in [2.45, 2.75) is 42.5 Å². The van der Waals surface area contributed by atoms with E-state index >= 15 is 0 Å². The van der Waals surface area contributed by atoms with Crippen LogP contribution < -0.4 is 0 Å². The summed E-state index contributed by atoms with van der Waals surface area (Å²) in [6.45, 7) is 2.29. The molecule has 1 aromatic heterocycles. The van der Waals surface area contributed by atoms with Crippen molar-refractivity contribution in [3.63, 3.8) is 0 Å². The van der Waals surface area contributed by atoms with Gasteiger partial charge in [-0.25, -0.2) is 12.8 Å². The highest BCUT2D eigenvalue weighted by molar-refractivity contribution is 7.89. The second-order valence-corrected chi connectivity index (χ2v) is 7.40. The molecule has 4 nitrogen and oxygen atoms in total. The van der Waals surface area contributed by atoms with Crippen LogP contribution in [0.5, 0.6) is 0 Å². The van der Waals surface area contributed by atoms with E-state index in [1.165, 1.54) is 10.5 Å². The van der Waals surface area contributed by atoms with Gasteiger partial charge in [-0.15, -0.1) is 11.6 Å². The van der Waals surface area contributed by atoms with Crippen LogP contribution in [0.2, 0.25) is 0 Å². The fraction of sp³-hybridized carbons (Fsp3) is 0.583. The summed E-state index contributed by atoms with van der Waals surface area (Å²) in [5, 5.41) is -0.0913.